The van der Waals surface area contributed by atoms with E-state index in [-0.39, 0.29) is 30.5 Å². The molecule has 2 heterocycles. The van der Waals surface area contributed by atoms with Crippen LogP contribution in [0.4, 0.5) is 0 Å². The number of aromatic nitrogens is 1. The Balaban J connectivity index is 2.04. The van der Waals surface area contributed by atoms with Gasteiger partial charge in [-0.25, -0.2) is 0 Å². The highest BCUT2D eigenvalue weighted by atomic mass is 79.9. The smallest absolute Gasteiger partial charge is 0.251 e. The Hall–Kier alpha value is -1.14. The summed E-state index contributed by atoms with van der Waals surface area (Å²) >= 11 is 3.29. The van der Waals surface area contributed by atoms with Crippen molar-refractivity contribution >= 4 is 21.8 Å². The van der Waals surface area contributed by atoms with Gasteiger partial charge < -0.3 is 14.6 Å². The molecule has 1 unspecified atom stereocenters. The third kappa shape index (κ3) is 3.67. The predicted octanol–water partition coefficient (Wildman–Crippen LogP) is 0.842. The summed E-state index contributed by atoms with van der Waals surface area (Å²) < 4.78 is 2.17. The highest BCUT2D eigenvalue weighted by Gasteiger charge is 2.23. The minimum atomic E-state index is -0.188. The second-order valence-corrected chi connectivity index (χ2v) is 5.76. The number of aliphatic hydroxyl groups excluding tert-OH is 1. The van der Waals surface area contributed by atoms with Crippen LogP contribution in [0.2, 0.25) is 0 Å². The molecule has 2 rings (SSSR count). The summed E-state index contributed by atoms with van der Waals surface area (Å²) in [6, 6.07) is 3.09. The largest absolute Gasteiger partial charge is 0.396 e. The standard InChI is InChI=1S/C13H17BrN2O3/c14-11-3-4-12(18)16(7-11)8-13(19)15-5-1-2-10(6-15)9-17/h3-4,7,10,17H,1-2,5-6,8-9H2. The van der Waals surface area contributed by atoms with Crippen molar-refractivity contribution in [3.63, 3.8) is 0 Å². The van der Waals surface area contributed by atoms with Crippen LogP contribution in [0.5, 0.6) is 0 Å². The average Bonchev–Trinajstić information content (AvgIpc) is 2.43. The lowest BCUT2D eigenvalue weighted by atomic mass is 9.99. The van der Waals surface area contributed by atoms with Gasteiger partial charge in [0.15, 0.2) is 0 Å². The van der Waals surface area contributed by atoms with Crippen molar-refractivity contribution in [2.45, 2.75) is 19.4 Å². The quantitative estimate of drug-likeness (QED) is 0.894. The van der Waals surface area contributed by atoms with Crippen LogP contribution in [0.15, 0.2) is 27.6 Å². The molecule has 19 heavy (non-hydrogen) atoms. The van der Waals surface area contributed by atoms with Gasteiger partial charge in [0.05, 0.1) is 0 Å². The van der Waals surface area contributed by atoms with Crippen LogP contribution >= 0.6 is 15.9 Å². The summed E-state index contributed by atoms with van der Waals surface area (Å²) in [6.07, 6.45) is 3.48. The molecule has 0 bridgehead atoms. The first-order valence-corrected chi connectivity index (χ1v) is 7.14. The van der Waals surface area contributed by atoms with Gasteiger partial charge in [-0.1, -0.05) is 0 Å². The molecule has 0 saturated carbocycles. The molecular formula is C13H17BrN2O3. The highest BCUT2D eigenvalue weighted by Crippen LogP contribution is 2.16. The first-order valence-electron chi connectivity index (χ1n) is 6.35. The number of aliphatic hydroxyl groups is 1. The third-order valence-corrected chi connectivity index (χ3v) is 3.85. The van der Waals surface area contributed by atoms with Gasteiger partial charge in [0.1, 0.15) is 6.54 Å². The maximum Gasteiger partial charge on any atom is 0.251 e. The van der Waals surface area contributed by atoms with Crippen LogP contribution < -0.4 is 5.56 Å². The fraction of sp³-hybridized carbons (Fsp3) is 0.538. The average molecular weight is 329 g/mol. The SMILES string of the molecule is O=C(Cn1cc(Br)ccc1=O)N1CCCC(CO)C1. The number of hydrogen-bond donors (Lipinski definition) is 1. The number of likely N-dealkylation sites (tertiary alicyclic amines) is 1. The third-order valence-electron chi connectivity index (χ3n) is 3.38. The van der Waals surface area contributed by atoms with E-state index in [9.17, 15) is 9.59 Å². The van der Waals surface area contributed by atoms with Gasteiger partial charge in [0, 0.05) is 36.4 Å². The molecule has 1 aliphatic heterocycles. The molecule has 0 aromatic carbocycles. The summed E-state index contributed by atoms with van der Waals surface area (Å²) in [4.78, 5) is 25.5. The zero-order valence-corrected chi connectivity index (χ0v) is 12.2. The second kappa shape index (κ2) is 6.34. The molecular weight excluding hydrogens is 312 g/mol. The van der Waals surface area contributed by atoms with E-state index in [1.54, 1.807) is 17.2 Å². The van der Waals surface area contributed by atoms with Crippen molar-refractivity contribution in [2.75, 3.05) is 19.7 Å². The fourth-order valence-electron chi connectivity index (χ4n) is 2.31. The Labute approximate surface area is 120 Å². The number of pyridine rings is 1. The molecule has 1 fully saturated rings. The van der Waals surface area contributed by atoms with Crippen molar-refractivity contribution in [1.82, 2.24) is 9.47 Å². The summed E-state index contributed by atoms with van der Waals surface area (Å²) in [5, 5.41) is 9.16. The monoisotopic (exact) mass is 328 g/mol. The molecule has 1 saturated heterocycles. The van der Waals surface area contributed by atoms with Gasteiger partial charge in [0.2, 0.25) is 5.91 Å². The van der Waals surface area contributed by atoms with Crippen LogP contribution in [-0.4, -0.2) is 40.2 Å². The van der Waals surface area contributed by atoms with E-state index in [1.165, 1.54) is 10.6 Å². The number of carbonyl (C=O) groups excluding carboxylic acids is 1. The number of hydrogen-bond acceptors (Lipinski definition) is 3. The van der Waals surface area contributed by atoms with Crippen molar-refractivity contribution in [3.05, 3.63) is 33.2 Å². The van der Waals surface area contributed by atoms with Crippen molar-refractivity contribution in [2.24, 2.45) is 5.92 Å². The summed E-state index contributed by atoms with van der Waals surface area (Å²) in [7, 11) is 0. The van der Waals surface area contributed by atoms with E-state index in [0.29, 0.717) is 13.1 Å². The molecule has 1 N–H and O–H groups in total. The number of carbonyl (C=O) groups is 1. The number of amides is 1. The first kappa shape index (κ1) is 14.3. The second-order valence-electron chi connectivity index (χ2n) is 4.84. The molecule has 1 aromatic heterocycles. The highest BCUT2D eigenvalue weighted by molar-refractivity contribution is 9.10. The van der Waals surface area contributed by atoms with E-state index in [1.807, 2.05) is 0 Å². The number of piperidine rings is 1. The number of rotatable bonds is 3. The van der Waals surface area contributed by atoms with Gasteiger partial charge in [-0.05, 0) is 40.8 Å². The van der Waals surface area contributed by atoms with E-state index < -0.39 is 0 Å². The lowest BCUT2D eigenvalue weighted by Crippen LogP contribution is -2.43. The Bertz CT molecular complexity index is 515. The molecule has 6 heteroatoms. The van der Waals surface area contributed by atoms with Crippen LogP contribution in [0.3, 0.4) is 0 Å². The normalized spacial score (nSPS) is 19.5. The molecule has 1 atom stereocenters. The topological polar surface area (TPSA) is 62.5 Å². The summed E-state index contributed by atoms with van der Waals surface area (Å²) in [5.41, 5.74) is -0.188. The zero-order chi connectivity index (χ0) is 13.8. The maximum atomic E-state index is 12.2. The van der Waals surface area contributed by atoms with Crippen LogP contribution in [-0.2, 0) is 11.3 Å². The van der Waals surface area contributed by atoms with Crippen LogP contribution in [0.1, 0.15) is 12.8 Å². The Morgan fingerprint density at radius 3 is 3.00 bits per heavy atom. The summed E-state index contributed by atoms with van der Waals surface area (Å²) in [6.45, 7) is 1.45. The minimum Gasteiger partial charge on any atom is -0.396 e. The van der Waals surface area contributed by atoms with Gasteiger partial charge in [-0.2, -0.15) is 0 Å². The van der Waals surface area contributed by atoms with E-state index in [2.05, 4.69) is 15.9 Å². The Morgan fingerprint density at radius 2 is 2.26 bits per heavy atom. The van der Waals surface area contributed by atoms with Crippen LogP contribution in [0.25, 0.3) is 0 Å². The van der Waals surface area contributed by atoms with Crippen molar-refractivity contribution < 1.29 is 9.90 Å². The Kier molecular flexibility index (Phi) is 4.76. The minimum absolute atomic E-state index is 0.0520. The molecule has 5 nitrogen and oxygen atoms in total. The van der Waals surface area contributed by atoms with Gasteiger partial charge in [0.25, 0.3) is 5.56 Å². The first-order chi connectivity index (χ1) is 9.10. The van der Waals surface area contributed by atoms with E-state index >= 15 is 0 Å². The number of nitrogens with zero attached hydrogens (tertiary/aromatic N) is 2. The van der Waals surface area contributed by atoms with Crippen LogP contribution in [0, 0.1) is 5.92 Å². The van der Waals surface area contributed by atoms with E-state index in [4.69, 9.17) is 5.11 Å². The molecule has 1 amide bonds. The zero-order valence-electron chi connectivity index (χ0n) is 10.6. The van der Waals surface area contributed by atoms with Gasteiger partial charge in [-0.15, -0.1) is 0 Å². The van der Waals surface area contributed by atoms with Gasteiger partial charge in [-0.3, -0.25) is 9.59 Å². The van der Waals surface area contributed by atoms with Crippen molar-refractivity contribution in [1.29, 1.82) is 0 Å². The predicted molar refractivity (Wildman–Crippen MR) is 74.8 cm³/mol. The Morgan fingerprint density at radius 1 is 1.47 bits per heavy atom. The molecule has 0 aliphatic carbocycles. The molecule has 0 radical (unpaired) electrons. The van der Waals surface area contributed by atoms with E-state index in [0.717, 1.165) is 17.3 Å². The molecule has 1 aromatic rings. The molecule has 0 spiro atoms. The molecule has 1 aliphatic rings. The van der Waals surface area contributed by atoms with Crippen molar-refractivity contribution in [3.8, 4) is 0 Å². The van der Waals surface area contributed by atoms with Gasteiger partial charge >= 0.3 is 0 Å². The maximum absolute atomic E-state index is 12.2. The lowest BCUT2D eigenvalue weighted by molar-refractivity contribution is -0.134. The lowest BCUT2D eigenvalue weighted by Gasteiger charge is -2.32. The number of halogens is 1. The molecule has 104 valence electrons. The summed E-state index contributed by atoms with van der Waals surface area (Å²) in [5.74, 6) is 0.0929. The fourth-order valence-corrected chi connectivity index (χ4v) is 2.69.